The van der Waals surface area contributed by atoms with Gasteiger partial charge in [0.1, 0.15) is 7.11 Å². The summed E-state index contributed by atoms with van der Waals surface area (Å²) in [6, 6.07) is 7.42. The first-order chi connectivity index (χ1) is 9.12. The molecule has 0 aromatic heterocycles. The van der Waals surface area contributed by atoms with Crippen molar-refractivity contribution in [1.29, 1.82) is 0 Å². The minimum atomic E-state index is -0.0833. The Morgan fingerprint density at radius 3 is 2.32 bits per heavy atom. The Morgan fingerprint density at radius 1 is 1.26 bits per heavy atom. The Balaban J connectivity index is 2.72. The van der Waals surface area contributed by atoms with E-state index in [-0.39, 0.29) is 6.03 Å². The third-order valence-electron chi connectivity index (χ3n) is 2.83. The number of carbonyl (C=O) groups excluding carboxylic acids is 1. The number of nitrogens with one attached hydrogen (secondary N) is 1. The van der Waals surface area contributed by atoms with Gasteiger partial charge in [-0.15, -0.1) is 0 Å². The highest BCUT2D eigenvalue weighted by atomic mass is 16.6. The summed E-state index contributed by atoms with van der Waals surface area (Å²) in [5.74, 6) is 0. The van der Waals surface area contributed by atoms with Crippen molar-refractivity contribution in [2.45, 2.75) is 20.8 Å². The molecule has 0 aliphatic rings. The zero-order chi connectivity index (χ0) is 14.3. The van der Waals surface area contributed by atoms with Crippen LogP contribution in [0.1, 0.15) is 26.3 Å². The monoisotopic (exact) mass is 263 g/mol. The zero-order valence-electron chi connectivity index (χ0n) is 11.9. The maximum atomic E-state index is 11.9. The Kier molecular flexibility index (Phi) is 5.85. The van der Waals surface area contributed by atoms with Gasteiger partial charge in [-0.05, 0) is 38.5 Å². The number of amides is 2. The van der Waals surface area contributed by atoms with Crippen molar-refractivity contribution < 1.29 is 9.63 Å². The lowest BCUT2D eigenvalue weighted by molar-refractivity contribution is 0.213. The second-order valence-corrected chi connectivity index (χ2v) is 4.04. The van der Waals surface area contributed by atoms with Gasteiger partial charge >= 0.3 is 6.03 Å². The number of oxime groups is 1. The van der Waals surface area contributed by atoms with Crippen LogP contribution in [0.2, 0.25) is 0 Å². The number of hydrogen-bond donors (Lipinski definition) is 1. The molecule has 0 saturated carbocycles. The standard InChI is InChI=1S/C14H21N3O2/c1-5-17(6-2)14(18)15-13-9-7-12(8-10-13)11(3)16-19-4/h7-10H,5-6H2,1-4H3,(H,15,18). The molecule has 2 amide bonds. The SMILES string of the molecule is CCN(CC)C(=O)Nc1ccc(C(C)=NOC)cc1. The first-order valence-corrected chi connectivity index (χ1v) is 6.36. The lowest BCUT2D eigenvalue weighted by Gasteiger charge is -2.19. The molecule has 1 aromatic rings. The molecule has 0 unspecified atom stereocenters. The van der Waals surface area contributed by atoms with E-state index in [9.17, 15) is 4.79 Å². The fraction of sp³-hybridized carbons (Fsp3) is 0.429. The van der Waals surface area contributed by atoms with Crippen LogP contribution in [0.5, 0.6) is 0 Å². The van der Waals surface area contributed by atoms with Crippen LogP contribution in [-0.4, -0.2) is 36.8 Å². The van der Waals surface area contributed by atoms with E-state index in [1.54, 1.807) is 4.90 Å². The molecule has 0 atom stereocenters. The zero-order valence-corrected chi connectivity index (χ0v) is 11.9. The predicted molar refractivity (Wildman–Crippen MR) is 77.6 cm³/mol. The van der Waals surface area contributed by atoms with Gasteiger partial charge in [0.2, 0.25) is 0 Å². The molecular formula is C14H21N3O2. The van der Waals surface area contributed by atoms with Crippen molar-refractivity contribution in [2.75, 3.05) is 25.5 Å². The van der Waals surface area contributed by atoms with Crippen molar-refractivity contribution in [3.05, 3.63) is 29.8 Å². The van der Waals surface area contributed by atoms with Crippen LogP contribution in [-0.2, 0) is 4.84 Å². The van der Waals surface area contributed by atoms with Crippen LogP contribution in [0, 0.1) is 0 Å². The summed E-state index contributed by atoms with van der Waals surface area (Å²) in [4.78, 5) is 18.3. The smallest absolute Gasteiger partial charge is 0.321 e. The Morgan fingerprint density at radius 2 is 1.84 bits per heavy atom. The molecule has 0 saturated heterocycles. The summed E-state index contributed by atoms with van der Waals surface area (Å²) >= 11 is 0. The minimum Gasteiger partial charge on any atom is -0.399 e. The van der Waals surface area contributed by atoms with Crippen LogP contribution < -0.4 is 5.32 Å². The van der Waals surface area contributed by atoms with Gasteiger partial charge in [0.25, 0.3) is 0 Å². The summed E-state index contributed by atoms with van der Waals surface area (Å²) in [6.07, 6.45) is 0. The largest absolute Gasteiger partial charge is 0.399 e. The number of benzene rings is 1. The van der Waals surface area contributed by atoms with Crippen molar-refractivity contribution in [3.63, 3.8) is 0 Å². The van der Waals surface area contributed by atoms with Gasteiger partial charge in [0.15, 0.2) is 0 Å². The van der Waals surface area contributed by atoms with E-state index < -0.39 is 0 Å². The topological polar surface area (TPSA) is 53.9 Å². The second kappa shape index (κ2) is 7.41. The van der Waals surface area contributed by atoms with E-state index in [2.05, 4.69) is 10.5 Å². The van der Waals surface area contributed by atoms with Crippen LogP contribution >= 0.6 is 0 Å². The van der Waals surface area contributed by atoms with E-state index in [0.29, 0.717) is 13.1 Å². The number of nitrogens with zero attached hydrogens (tertiary/aromatic N) is 2. The van der Waals surface area contributed by atoms with Gasteiger partial charge in [-0.3, -0.25) is 0 Å². The fourth-order valence-electron chi connectivity index (χ4n) is 1.70. The highest BCUT2D eigenvalue weighted by molar-refractivity contribution is 5.99. The highest BCUT2D eigenvalue weighted by Gasteiger charge is 2.09. The van der Waals surface area contributed by atoms with Crippen LogP contribution in [0.15, 0.2) is 29.4 Å². The molecule has 1 N–H and O–H groups in total. The summed E-state index contributed by atoms with van der Waals surface area (Å²) in [7, 11) is 1.52. The number of hydrogen-bond acceptors (Lipinski definition) is 3. The van der Waals surface area contributed by atoms with E-state index in [1.807, 2.05) is 45.0 Å². The molecule has 0 spiro atoms. The van der Waals surface area contributed by atoms with Gasteiger partial charge in [0.05, 0.1) is 5.71 Å². The quantitative estimate of drug-likeness (QED) is 0.656. The summed E-state index contributed by atoms with van der Waals surface area (Å²) in [5.41, 5.74) is 2.53. The van der Waals surface area contributed by atoms with Crippen LogP contribution in [0.4, 0.5) is 10.5 Å². The van der Waals surface area contributed by atoms with Gasteiger partial charge in [0, 0.05) is 18.8 Å². The van der Waals surface area contributed by atoms with Crippen molar-refractivity contribution in [2.24, 2.45) is 5.16 Å². The third-order valence-corrected chi connectivity index (χ3v) is 2.83. The van der Waals surface area contributed by atoms with Crippen molar-refractivity contribution in [1.82, 2.24) is 4.90 Å². The van der Waals surface area contributed by atoms with E-state index >= 15 is 0 Å². The average Bonchev–Trinajstić information content (AvgIpc) is 2.41. The first kappa shape index (κ1) is 15.0. The molecular weight excluding hydrogens is 242 g/mol. The van der Waals surface area contributed by atoms with Gasteiger partial charge in [-0.25, -0.2) is 4.79 Å². The van der Waals surface area contributed by atoms with Gasteiger partial charge < -0.3 is 15.1 Å². The summed E-state index contributed by atoms with van der Waals surface area (Å²) in [6.45, 7) is 7.17. The Hall–Kier alpha value is -2.04. The van der Waals surface area contributed by atoms with Gasteiger partial charge in [-0.1, -0.05) is 17.3 Å². The van der Waals surface area contributed by atoms with Crippen LogP contribution in [0.25, 0.3) is 0 Å². The molecule has 0 heterocycles. The van der Waals surface area contributed by atoms with Crippen molar-refractivity contribution >= 4 is 17.4 Å². The number of rotatable bonds is 5. The molecule has 1 rings (SSSR count). The van der Waals surface area contributed by atoms with E-state index in [1.165, 1.54) is 7.11 Å². The lowest BCUT2D eigenvalue weighted by Crippen LogP contribution is -2.34. The van der Waals surface area contributed by atoms with Crippen molar-refractivity contribution in [3.8, 4) is 0 Å². The average molecular weight is 263 g/mol. The summed E-state index contributed by atoms with van der Waals surface area (Å²) in [5, 5.41) is 6.72. The maximum Gasteiger partial charge on any atom is 0.321 e. The summed E-state index contributed by atoms with van der Waals surface area (Å²) < 4.78 is 0. The Labute approximate surface area is 114 Å². The molecule has 0 bridgehead atoms. The highest BCUT2D eigenvalue weighted by Crippen LogP contribution is 2.11. The fourth-order valence-corrected chi connectivity index (χ4v) is 1.70. The van der Waals surface area contributed by atoms with Gasteiger partial charge in [-0.2, -0.15) is 0 Å². The molecule has 5 nitrogen and oxygen atoms in total. The molecule has 5 heteroatoms. The molecule has 0 aliphatic carbocycles. The molecule has 19 heavy (non-hydrogen) atoms. The predicted octanol–water partition coefficient (Wildman–Crippen LogP) is 2.93. The molecule has 0 aliphatic heterocycles. The number of urea groups is 1. The molecule has 104 valence electrons. The Bertz CT molecular complexity index is 437. The first-order valence-electron chi connectivity index (χ1n) is 6.36. The van der Waals surface area contributed by atoms with E-state index in [4.69, 9.17) is 4.84 Å². The number of carbonyl (C=O) groups is 1. The minimum absolute atomic E-state index is 0.0833. The molecule has 0 fully saturated rings. The maximum absolute atomic E-state index is 11.9. The van der Waals surface area contributed by atoms with Crippen LogP contribution in [0.3, 0.4) is 0 Å². The number of anilines is 1. The second-order valence-electron chi connectivity index (χ2n) is 4.04. The molecule has 0 radical (unpaired) electrons. The van der Waals surface area contributed by atoms with E-state index in [0.717, 1.165) is 17.0 Å². The third kappa shape index (κ3) is 4.28. The molecule has 1 aromatic carbocycles. The lowest BCUT2D eigenvalue weighted by atomic mass is 10.1. The normalized spacial score (nSPS) is 11.1.